The van der Waals surface area contributed by atoms with E-state index < -0.39 is 5.97 Å². The SMILES string of the molecule is Cn1nnc2c1C(C(=O)Nc1cccc3c1ccn3CC(=O)O)CCC2. The van der Waals surface area contributed by atoms with Gasteiger partial charge in [-0.25, -0.2) is 0 Å². The maximum Gasteiger partial charge on any atom is 0.323 e. The van der Waals surface area contributed by atoms with Crippen molar-refractivity contribution in [3.63, 3.8) is 0 Å². The van der Waals surface area contributed by atoms with Crippen LogP contribution in [-0.2, 0) is 29.6 Å². The molecule has 4 rings (SSSR count). The normalized spacial score (nSPS) is 16.4. The van der Waals surface area contributed by atoms with Gasteiger partial charge >= 0.3 is 5.97 Å². The van der Waals surface area contributed by atoms with Crippen LogP contribution in [0.1, 0.15) is 30.1 Å². The van der Waals surface area contributed by atoms with Crippen LogP contribution in [-0.4, -0.2) is 36.5 Å². The molecule has 2 heterocycles. The summed E-state index contributed by atoms with van der Waals surface area (Å²) in [5, 5.41) is 21.1. The molecule has 1 aliphatic rings. The molecule has 8 heteroatoms. The summed E-state index contributed by atoms with van der Waals surface area (Å²) >= 11 is 0. The molecule has 0 bridgehead atoms. The van der Waals surface area contributed by atoms with Gasteiger partial charge in [-0.05, 0) is 37.5 Å². The molecule has 2 aromatic heterocycles. The van der Waals surface area contributed by atoms with Gasteiger partial charge in [-0.3, -0.25) is 14.3 Å². The Morgan fingerprint density at radius 3 is 3.00 bits per heavy atom. The highest BCUT2D eigenvalue weighted by atomic mass is 16.4. The molecule has 0 radical (unpaired) electrons. The number of carbonyl (C=O) groups is 2. The van der Waals surface area contributed by atoms with Crippen molar-refractivity contribution in [3.05, 3.63) is 41.9 Å². The first-order chi connectivity index (χ1) is 12.5. The van der Waals surface area contributed by atoms with Crippen molar-refractivity contribution in [1.82, 2.24) is 19.6 Å². The van der Waals surface area contributed by atoms with E-state index in [9.17, 15) is 9.59 Å². The van der Waals surface area contributed by atoms with Crippen LogP contribution in [0, 0.1) is 0 Å². The zero-order chi connectivity index (χ0) is 18.3. The van der Waals surface area contributed by atoms with Gasteiger partial charge in [-0.1, -0.05) is 11.3 Å². The van der Waals surface area contributed by atoms with Gasteiger partial charge in [0.15, 0.2) is 0 Å². The van der Waals surface area contributed by atoms with Gasteiger partial charge in [0.25, 0.3) is 0 Å². The Morgan fingerprint density at radius 2 is 2.19 bits per heavy atom. The van der Waals surface area contributed by atoms with Gasteiger partial charge in [0.1, 0.15) is 6.54 Å². The van der Waals surface area contributed by atoms with E-state index in [0.717, 1.165) is 41.6 Å². The van der Waals surface area contributed by atoms with Gasteiger partial charge < -0.3 is 15.0 Å². The molecule has 0 fully saturated rings. The van der Waals surface area contributed by atoms with Crippen LogP contribution in [0.3, 0.4) is 0 Å². The predicted octanol–water partition coefficient (Wildman–Crippen LogP) is 1.91. The van der Waals surface area contributed by atoms with Crippen LogP contribution in [0.25, 0.3) is 10.9 Å². The van der Waals surface area contributed by atoms with E-state index in [2.05, 4.69) is 15.6 Å². The fourth-order valence-corrected chi connectivity index (χ4v) is 3.71. The van der Waals surface area contributed by atoms with Crippen LogP contribution < -0.4 is 5.32 Å². The molecule has 1 aromatic carbocycles. The summed E-state index contributed by atoms with van der Waals surface area (Å²) in [7, 11) is 1.81. The third-order valence-electron chi connectivity index (χ3n) is 4.87. The zero-order valence-corrected chi connectivity index (χ0v) is 14.3. The fraction of sp³-hybridized carbons (Fsp3) is 0.333. The third kappa shape index (κ3) is 2.73. The standard InChI is InChI=1S/C18H19N5O3/c1-22-17-12(4-2-6-14(17)20-21-22)18(26)19-13-5-3-7-15-11(13)8-9-23(15)10-16(24)25/h3,5,7-9,12H,2,4,6,10H2,1H3,(H,19,26)(H,24,25). The monoisotopic (exact) mass is 353 g/mol. The summed E-state index contributed by atoms with van der Waals surface area (Å²) in [6.45, 7) is -0.117. The first kappa shape index (κ1) is 16.3. The highest BCUT2D eigenvalue weighted by Crippen LogP contribution is 2.32. The number of fused-ring (bicyclic) bond motifs is 2. The van der Waals surface area contributed by atoms with Gasteiger partial charge in [-0.15, -0.1) is 5.10 Å². The number of nitrogens with zero attached hydrogens (tertiary/aromatic N) is 4. The van der Waals surface area contributed by atoms with Crippen LogP contribution in [0.15, 0.2) is 30.5 Å². The molecule has 26 heavy (non-hydrogen) atoms. The molecule has 0 spiro atoms. The minimum Gasteiger partial charge on any atom is -0.480 e. The average molecular weight is 353 g/mol. The second kappa shape index (κ2) is 6.29. The lowest BCUT2D eigenvalue weighted by Gasteiger charge is -2.21. The number of benzene rings is 1. The fourth-order valence-electron chi connectivity index (χ4n) is 3.71. The summed E-state index contributed by atoms with van der Waals surface area (Å²) in [6.07, 6.45) is 4.23. The molecule has 1 unspecified atom stereocenters. The quantitative estimate of drug-likeness (QED) is 0.746. The molecule has 0 aliphatic heterocycles. The number of carbonyl (C=O) groups excluding carboxylic acids is 1. The Balaban J connectivity index is 1.64. The number of aryl methyl sites for hydroxylation is 2. The number of aromatic nitrogens is 4. The van der Waals surface area contributed by atoms with Crippen molar-refractivity contribution in [2.45, 2.75) is 31.7 Å². The van der Waals surface area contributed by atoms with E-state index in [-0.39, 0.29) is 18.4 Å². The maximum absolute atomic E-state index is 12.9. The summed E-state index contributed by atoms with van der Waals surface area (Å²) in [5.74, 6) is -1.28. The molecule has 0 saturated carbocycles. The third-order valence-corrected chi connectivity index (χ3v) is 4.87. The van der Waals surface area contributed by atoms with Crippen molar-refractivity contribution in [2.75, 3.05) is 5.32 Å². The zero-order valence-electron chi connectivity index (χ0n) is 14.3. The van der Waals surface area contributed by atoms with E-state index in [1.54, 1.807) is 15.4 Å². The molecule has 8 nitrogen and oxygen atoms in total. The number of nitrogens with one attached hydrogen (secondary N) is 1. The Morgan fingerprint density at radius 1 is 1.35 bits per heavy atom. The number of carboxylic acid groups (broad SMARTS) is 1. The lowest BCUT2D eigenvalue weighted by atomic mass is 9.89. The molecule has 2 N–H and O–H groups in total. The number of aliphatic carboxylic acids is 1. The van der Waals surface area contributed by atoms with Crippen molar-refractivity contribution >= 4 is 28.5 Å². The van der Waals surface area contributed by atoms with Gasteiger partial charge in [0.05, 0.1) is 28.5 Å². The van der Waals surface area contributed by atoms with Crippen molar-refractivity contribution in [1.29, 1.82) is 0 Å². The number of hydrogen-bond donors (Lipinski definition) is 2. The molecule has 1 aliphatic carbocycles. The van der Waals surface area contributed by atoms with Crippen LogP contribution in [0.5, 0.6) is 0 Å². The molecular formula is C18H19N5O3. The molecular weight excluding hydrogens is 334 g/mol. The van der Waals surface area contributed by atoms with Gasteiger partial charge in [-0.2, -0.15) is 0 Å². The Hall–Kier alpha value is -3.16. The van der Waals surface area contributed by atoms with E-state index in [0.29, 0.717) is 5.69 Å². The Labute approximate surface area is 149 Å². The summed E-state index contributed by atoms with van der Waals surface area (Å²) in [5.41, 5.74) is 3.23. The van der Waals surface area contributed by atoms with E-state index in [1.807, 2.05) is 31.3 Å². The van der Waals surface area contributed by atoms with Crippen molar-refractivity contribution in [2.24, 2.45) is 7.05 Å². The van der Waals surface area contributed by atoms with E-state index >= 15 is 0 Å². The lowest BCUT2D eigenvalue weighted by molar-refractivity contribution is -0.137. The molecule has 1 atom stereocenters. The average Bonchev–Trinajstić information content (AvgIpc) is 3.19. The molecule has 1 amide bonds. The topological polar surface area (TPSA) is 102 Å². The minimum atomic E-state index is -0.907. The lowest BCUT2D eigenvalue weighted by Crippen LogP contribution is -2.26. The molecule has 0 saturated heterocycles. The summed E-state index contributed by atoms with van der Waals surface area (Å²) in [4.78, 5) is 23.9. The largest absolute Gasteiger partial charge is 0.480 e. The first-order valence-electron chi connectivity index (χ1n) is 8.53. The number of hydrogen-bond acceptors (Lipinski definition) is 4. The van der Waals surface area contributed by atoms with Crippen molar-refractivity contribution in [3.8, 4) is 0 Å². The number of anilines is 1. The second-order valence-electron chi connectivity index (χ2n) is 6.55. The number of carboxylic acids is 1. The summed E-state index contributed by atoms with van der Waals surface area (Å²) < 4.78 is 3.33. The summed E-state index contributed by atoms with van der Waals surface area (Å²) in [6, 6.07) is 7.31. The highest BCUT2D eigenvalue weighted by Gasteiger charge is 2.31. The van der Waals surface area contributed by atoms with E-state index in [4.69, 9.17) is 5.11 Å². The Kier molecular flexibility index (Phi) is 3.95. The number of rotatable bonds is 4. The van der Waals surface area contributed by atoms with Crippen LogP contribution >= 0.6 is 0 Å². The minimum absolute atomic E-state index is 0.0881. The molecule has 3 aromatic rings. The predicted molar refractivity (Wildman–Crippen MR) is 94.9 cm³/mol. The number of amides is 1. The van der Waals surface area contributed by atoms with Crippen LogP contribution in [0.4, 0.5) is 5.69 Å². The first-order valence-corrected chi connectivity index (χ1v) is 8.53. The van der Waals surface area contributed by atoms with Gasteiger partial charge in [0.2, 0.25) is 5.91 Å². The van der Waals surface area contributed by atoms with E-state index in [1.165, 1.54) is 0 Å². The van der Waals surface area contributed by atoms with Gasteiger partial charge in [0, 0.05) is 18.6 Å². The Bertz CT molecular complexity index is 1000. The smallest absolute Gasteiger partial charge is 0.323 e. The van der Waals surface area contributed by atoms with Crippen molar-refractivity contribution < 1.29 is 14.7 Å². The second-order valence-corrected chi connectivity index (χ2v) is 6.55. The van der Waals surface area contributed by atoms with Crippen LogP contribution in [0.2, 0.25) is 0 Å². The highest BCUT2D eigenvalue weighted by molar-refractivity contribution is 6.03. The maximum atomic E-state index is 12.9. The molecule has 134 valence electrons.